The third-order valence-corrected chi connectivity index (χ3v) is 6.39. The fourth-order valence-electron chi connectivity index (χ4n) is 3.84. The van der Waals surface area contributed by atoms with E-state index in [4.69, 9.17) is 21.3 Å². The molecule has 1 saturated heterocycles. The number of amides is 1. The normalized spacial score (nSPS) is 14.8. The molecular formula is C23H27ClN4O2S. The molecule has 0 N–H and O–H groups in total. The number of hydrogen-bond donors (Lipinski definition) is 0. The molecule has 0 atom stereocenters. The molecule has 3 aromatic rings. The topological polar surface area (TPSA) is 50.6 Å². The molecule has 164 valence electrons. The fourth-order valence-corrected chi connectivity index (χ4v) is 4.51. The maximum Gasteiger partial charge on any atom is 0.242 e. The summed E-state index contributed by atoms with van der Waals surface area (Å²) in [5.74, 6) is 2.61. The smallest absolute Gasteiger partial charge is 0.242 e. The summed E-state index contributed by atoms with van der Waals surface area (Å²) in [6.45, 7) is 4.89. The molecule has 1 fully saturated rings. The van der Waals surface area contributed by atoms with Crippen LogP contribution in [0.5, 0.6) is 5.75 Å². The second kappa shape index (κ2) is 10.4. The number of aromatic nitrogens is 2. The van der Waals surface area contributed by atoms with Gasteiger partial charge in [0.15, 0.2) is 0 Å². The van der Waals surface area contributed by atoms with Crippen molar-refractivity contribution in [1.29, 1.82) is 0 Å². The lowest BCUT2D eigenvalue weighted by atomic mass is 10.3. The Balaban J connectivity index is 1.29. The van der Waals surface area contributed by atoms with Crippen molar-refractivity contribution in [2.45, 2.75) is 12.3 Å². The van der Waals surface area contributed by atoms with Crippen molar-refractivity contribution >= 4 is 40.3 Å². The van der Waals surface area contributed by atoms with Crippen LogP contribution in [-0.2, 0) is 17.1 Å². The molecule has 0 bridgehead atoms. The molecule has 2 aromatic carbocycles. The van der Waals surface area contributed by atoms with Crippen LogP contribution < -0.4 is 4.74 Å². The summed E-state index contributed by atoms with van der Waals surface area (Å²) in [6.07, 6.45) is 2.06. The summed E-state index contributed by atoms with van der Waals surface area (Å²) in [4.78, 5) is 22.0. The SMILES string of the molecule is CSCc1nc2ccccc2n1CC(=O)N1CCN(CCOc2ccccc2Cl)CC1. The molecule has 8 heteroatoms. The minimum atomic E-state index is 0.150. The quantitative estimate of drug-likeness (QED) is 0.514. The van der Waals surface area contributed by atoms with Gasteiger partial charge in [0.2, 0.25) is 5.91 Å². The molecule has 4 rings (SSSR count). The number of hydrogen-bond acceptors (Lipinski definition) is 5. The largest absolute Gasteiger partial charge is 0.491 e. The Morgan fingerprint density at radius 2 is 1.84 bits per heavy atom. The molecular weight excluding hydrogens is 432 g/mol. The van der Waals surface area contributed by atoms with E-state index in [-0.39, 0.29) is 5.91 Å². The predicted octanol–water partition coefficient (Wildman–Crippen LogP) is 3.78. The van der Waals surface area contributed by atoms with Crippen molar-refractivity contribution in [3.8, 4) is 5.75 Å². The van der Waals surface area contributed by atoms with E-state index < -0.39 is 0 Å². The number of piperazine rings is 1. The molecule has 1 amide bonds. The standard InChI is InChI=1S/C23H27ClN4O2S/c1-31-17-22-25-19-7-3-4-8-20(19)28(22)16-23(29)27-12-10-26(11-13-27)14-15-30-21-9-5-2-6-18(21)24/h2-9H,10-17H2,1H3. The molecule has 0 aliphatic carbocycles. The molecule has 1 aliphatic rings. The zero-order chi connectivity index (χ0) is 21.6. The number of thioether (sulfide) groups is 1. The Kier molecular flexibility index (Phi) is 7.37. The van der Waals surface area contributed by atoms with Crippen molar-refractivity contribution in [3.05, 3.63) is 59.4 Å². The second-order valence-electron chi connectivity index (χ2n) is 7.54. The van der Waals surface area contributed by atoms with Gasteiger partial charge < -0.3 is 14.2 Å². The zero-order valence-corrected chi connectivity index (χ0v) is 19.2. The van der Waals surface area contributed by atoms with Gasteiger partial charge in [0, 0.05) is 32.7 Å². The molecule has 0 spiro atoms. The van der Waals surface area contributed by atoms with Crippen LogP contribution in [0.15, 0.2) is 48.5 Å². The molecule has 31 heavy (non-hydrogen) atoms. The molecule has 6 nitrogen and oxygen atoms in total. The molecule has 0 unspecified atom stereocenters. The third kappa shape index (κ3) is 5.34. The van der Waals surface area contributed by atoms with E-state index >= 15 is 0 Å². The van der Waals surface area contributed by atoms with Crippen LogP contribution in [0.25, 0.3) is 11.0 Å². The van der Waals surface area contributed by atoms with Crippen LogP contribution in [-0.4, -0.2) is 70.8 Å². The number of benzene rings is 2. The molecule has 0 radical (unpaired) electrons. The van der Waals surface area contributed by atoms with Crippen LogP contribution in [0, 0.1) is 0 Å². The summed E-state index contributed by atoms with van der Waals surface area (Å²) < 4.78 is 7.86. The van der Waals surface area contributed by atoms with Crippen LogP contribution in [0.4, 0.5) is 0 Å². The third-order valence-electron chi connectivity index (χ3n) is 5.53. The van der Waals surface area contributed by atoms with Gasteiger partial charge in [0.05, 0.1) is 21.8 Å². The number of imidazole rings is 1. The summed E-state index contributed by atoms with van der Waals surface area (Å²) in [6, 6.07) is 15.5. The van der Waals surface area contributed by atoms with Crippen LogP contribution in [0.3, 0.4) is 0 Å². The minimum absolute atomic E-state index is 0.150. The molecule has 1 aromatic heterocycles. The number of rotatable bonds is 8. The lowest BCUT2D eigenvalue weighted by molar-refractivity contribution is -0.133. The van der Waals surface area contributed by atoms with Crippen molar-refractivity contribution < 1.29 is 9.53 Å². The van der Waals surface area contributed by atoms with Crippen LogP contribution >= 0.6 is 23.4 Å². The number of halogens is 1. The molecule has 2 heterocycles. The first-order valence-electron chi connectivity index (χ1n) is 10.5. The van der Waals surface area contributed by atoms with Gasteiger partial charge in [0.25, 0.3) is 0 Å². The van der Waals surface area contributed by atoms with Crippen molar-refractivity contribution in [2.24, 2.45) is 0 Å². The Labute approximate surface area is 192 Å². The summed E-state index contributed by atoms with van der Waals surface area (Å²) in [5.41, 5.74) is 1.97. The van der Waals surface area contributed by atoms with E-state index in [1.54, 1.807) is 11.8 Å². The number of ether oxygens (including phenoxy) is 1. The van der Waals surface area contributed by atoms with E-state index in [9.17, 15) is 4.79 Å². The Bertz CT molecular complexity index is 1030. The summed E-state index contributed by atoms with van der Waals surface area (Å²) in [7, 11) is 0. The number of nitrogens with zero attached hydrogens (tertiary/aromatic N) is 4. The van der Waals surface area contributed by atoms with Crippen molar-refractivity contribution in [1.82, 2.24) is 19.4 Å². The van der Waals surface area contributed by atoms with Gasteiger partial charge >= 0.3 is 0 Å². The van der Waals surface area contributed by atoms with Gasteiger partial charge in [-0.2, -0.15) is 11.8 Å². The maximum atomic E-state index is 13.0. The van der Waals surface area contributed by atoms with E-state index in [1.165, 1.54) is 0 Å². The van der Waals surface area contributed by atoms with E-state index in [2.05, 4.69) is 15.7 Å². The Hall–Kier alpha value is -2.22. The first kappa shape index (κ1) is 22.0. The number of carbonyl (C=O) groups is 1. The van der Waals surface area contributed by atoms with E-state index in [1.807, 2.05) is 53.4 Å². The van der Waals surface area contributed by atoms with Gasteiger partial charge in [0.1, 0.15) is 24.7 Å². The van der Waals surface area contributed by atoms with Gasteiger partial charge in [-0.3, -0.25) is 9.69 Å². The van der Waals surface area contributed by atoms with Gasteiger partial charge in [-0.25, -0.2) is 4.98 Å². The predicted molar refractivity (Wildman–Crippen MR) is 127 cm³/mol. The van der Waals surface area contributed by atoms with Crippen LogP contribution in [0.1, 0.15) is 5.82 Å². The summed E-state index contributed by atoms with van der Waals surface area (Å²) >= 11 is 7.85. The van der Waals surface area contributed by atoms with Crippen molar-refractivity contribution in [2.75, 3.05) is 45.6 Å². The molecule has 1 aliphatic heterocycles. The Morgan fingerprint density at radius 3 is 2.61 bits per heavy atom. The average molecular weight is 459 g/mol. The molecule has 0 saturated carbocycles. The zero-order valence-electron chi connectivity index (χ0n) is 17.7. The number of fused-ring (bicyclic) bond motifs is 1. The van der Waals surface area contributed by atoms with Gasteiger partial charge in [-0.05, 0) is 30.5 Å². The van der Waals surface area contributed by atoms with Gasteiger partial charge in [-0.15, -0.1) is 0 Å². The lowest BCUT2D eigenvalue weighted by Gasteiger charge is -2.34. The first-order valence-corrected chi connectivity index (χ1v) is 12.2. The van der Waals surface area contributed by atoms with E-state index in [0.717, 1.165) is 55.3 Å². The number of carbonyl (C=O) groups excluding carboxylic acids is 1. The maximum absolute atomic E-state index is 13.0. The highest BCUT2D eigenvalue weighted by Gasteiger charge is 2.22. The summed E-state index contributed by atoms with van der Waals surface area (Å²) in [5, 5.41) is 0.630. The average Bonchev–Trinajstić information content (AvgIpc) is 3.13. The van der Waals surface area contributed by atoms with Gasteiger partial charge in [-0.1, -0.05) is 35.9 Å². The van der Waals surface area contributed by atoms with E-state index in [0.29, 0.717) is 23.9 Å². The highest BCUT2D eigenvalue weighted by Crippen LogP contribution is 2.23. The minimum Gasteiger partial charge on any atom is -0.491 e. The highest BCUT2D eigenvalue weighted by atomic mass is 35.5. The number of para-hydroxylation sites is 3. The lowest BCUT2D eigenvalue weighted by Crippen LogP contribution is -2.50. The fraction of sp³-hybridized carbons (Fsp3) is 0.391. The monoisotopic (exact) mass is 458 g/mol. The van der Waals surface area contributed by atoms with Crippen molar-refractivity contribution in [3.63, 3.8) is 0 Å². The second-order valence-corrected chi connectivity index (χ2v) is 8.81. The highest BCUT2D eigenvalue weighted by molar-refractivity contribution is 7.97. The van der Waals surface area contributed by atoms with Crippen LogP contribution in [0.2, 0.25) is 5.02 Å². The first-order chi connectivity index (χ1) is 15.2. The Morgan fingerprint density at radius 1 is 1.10 bits per heavy atom.